The van der Waals surface area contributed by atoms with Gasteiger partial charge in [-0.2, -0.15) is 0 Å². The van der Waals surface area contributed by atoms with E-state index in [4.69, 9.17) is 0 Å². The molecule has 2 rings (SSSR count). The number of benzene rings is 1. The van der Waals surface area contributed by atoms with Crippen molar-refractivity contribution < 1.29 is 0 Å². The summed E-state index contributed by atoms with van der Waals surface area (Å²) in [6.45, 7) is 11.4. The smallest absolute Gasteiger partial charge is 0.0785 e. The van der Waals surface area contributed by atoms with Crippen molar-refractivity contribution in [3.05, 3.63) is 36.4 Å². The molecule has 0 aromatic heterocycles. The highest BCUT2D eigenvalue weighted by molar-refractivity contribution is 7.17. The van der Waals surface area contributed by atoms with E-state index >= 15 is 0 Å². The first-order valence-electron chi connectivity index (χ1n) is 5.68. The molecule has 1 aromatic carbocycles. The van der Waals surface area contributed by atoms with Gasteiger partial charge in [-0.1, -0.05) is 73.1 Å². The number of hydrogen-bond donors (Lipinski definition) is 0. The van der Waals surface area contributed by atoms with Gasteiger partial charge in [-0.05, 0) is 5.56 Å². The zero-order chi connectivity index (χ0) is 11.1. The Bertz CT molecular complexity index is 368. The molecule has 1 saturated heterocycles. The van der Waals surface area contributed by atoms with Gasteiger partial charge in [0.2, 0.25) is 0 Å². The van der Waals surface area contributed by atoms with Gasteiger partial charge in [0.15, 0.2) is 0 Å². The van der Waals surface area contributed by atoms with Crippen molar-refractivity contribution >= 4 is 27.4 Å². The maximum atomic E-state index is 3.80. The summed E-state index contributed by atoms with van der Waals surface area (Å²) in [5.41, 5.74) is 4.40. The average Bonchev–Trinajstić information content (AvgIpc) is 2.15. The fourth-order valence-corrected chi connectivity index (χ4v) is 22.4. The summed E-state index contributed by atoms with van der Waals surface area (Å²) in [5.74, 6) is 0. The van der Waals surface area contributed by atoms with Crippen molar-refractivity contribution in [3.63, 3.8) is 0 Å². The van der Waals surface area contributed by atoms with Crippen LogP contribution in [0.5, 0.6) is 0 Å². The van der Waals surface area contributed by atoms with E-state index in [9.17, 15) is 0 Å². The summed E-state index contributed by atoms with van der Waals surface area (Å²) < 4.78 is 0. The van der Waals surface area contributed by atoms with Crippen LogP contribution >= 0.6 is 0 Å². The first-order valence-corrected chi connectivity index (χ1v) is 12.0. The van der Waals surface area contributed by atoms with Crippen LogP contribution in [0.2, 0.25) is 31.0 Å². The summed E-state index contributed by atoms with van der Waals surface area (Å²) >= 11 is 0. The Hall–Kier alpha value is -0.606. The predicted molar refractivity (Wildman–Crippen MR) is 74.9 cm³/mol. The van der Waals surface area contributed by atoms with Gasteiger partial charge in [0.1, 0.15) is 0 Å². The lowest BCUT2D eigenvalue weighted by Gasteiger charge is -2.49. The predicted octanol–water partition coefficient (Wildman–Crippen LogP) is 3.42. The third kappa shape index (κ3) is 2.01. The molecule has 1 aromatic rings. The van der Waals surface area contributed by atoms with Crippen molar-refractivity contribution in [1.29, 1.82) is 0 Å². The molecule has 1 aliphatic heterocycles. The van der Waals surface area contributed by atoms with Crippen molar-refractivity contribution in [2.45, 2.75) is 31.0 Å². The zero-order valence-corrected chi connectivity index (χ0v) is 12.0. The first-order chi connectivity index (χ1) is 6.95. The van der Waals surface area contributed by atoms with Gasteiger partial charge in [-0.3, -0.25) is 0 Å². The number of hydrogen-bond acceptors (Lipinski definition) is 0. The fourth-order valence-electron chi connectivity index (χ4n) is 3.29. The van der Waals surface area contributed by atoms with Crippen LogP contribution in [-0.2, 0) is 0 Å². The maximum absolute atomic E-state index is 3.80. The van der Waals surface area contributed by atoms with Crippen molar-refractivity contribution in [3.8, 4) is 0 Å². The summed E-state index contributed by atoms with van der Waals surface area (Å²) in [7, 11) is -1.77. The summed E-state index contributed by atoms with van der Waals surface area (Å²) in [4.78, 5) is 0. The molecular formula is C13H20Si2. The lowest BCUT2D eigenvalue weighted by Crippen LogP contribution is -2.64. The molecule has 1 aliphatic rings. The van der Waals surface area contributed by atoms with E-state index in [-0.39, 0.29) is 0 Å². The molecule has 80 valence electrons. The number of rotatable bonds is 2. The van der Waals surface area contributed by atoms with Gasteiger partial charge < -0.3 is 0 Å². The monoisotopic (exact) mass is 232 g/mol. The molecule has 0 spiro atoms. The molecule has 15 heavy (non-hydrogen) atoms. The Kier molecular flexibility index (Phi) is 2.51. The van der Waals surface area contributed by atoms with Crippen LogP contribution in [0, 0.1) is 0 Å². The van der Waals surface area contributed by atoms with E-state index in [1.54, 1.807) is 16.5 Å². The second kappa shape index (κ2) is 3.46. The fraction of sp³-hybridized carbons (Fsp3) is 0.385. The Labute approximate surface area is 95.1 Å². The maximum Gasteiger partial charge on any atom is 0.0785 e. The van der Waals surface area contributed by atoms with Gasteiger partial charge in [0.25, 0.3) is 0 Å². The Balaban J connectivity index is 2.20. The van der Waals surface area contributed by atoms with E-state index in [0.717, 1.165) is 0 Å². The molecule has 2 heteroatoms. The first kappa shape index (κ1) is 10.9. The largest absolute Gasteiger partial charge is 0.0985 e. The van der Waals surface area contributed by atoms with Crippen LogP contribution < -0.4 is 5.19 Å². The highest BCUT2D eigenvalue weighted by atomic mass is 28.5. The van der Waals surface area contributed by atoms with E-state index in [1.807, 2.05) is 6.08 Å². The molecular weight excluding hydrogens is 212 g/mol. The Morgan fingerprint density at radius 3 is 2.00 bits per heavy atom. The van der Waals surface area contributed by atoms with E-state index in [1.165, 1.54) is 5.56 Å². The van der Waals surface area contributed by atoms with Crippen LogP contribution in [0.4, 0.5) is 0 Å². The van der Waals surface area contributed by atoms with Crippen LogP contribution in [0.15, 0.2) is 30.8 Å². The van der Waals surface area contributed by atoms with Gasteiger partial charge >= 0.3 is 0 Å². The van der Waals surface area contributed by atoms with Crippen molar-refractivity contribution in [1.82, 2.24) is 0 Å². The average molecular weight is 232 g/mol. The van der Waals surface area contributed by atoms with Crippen LogP contribution in [-0.4, -0.2) is 16.1 Å². The van der Waals surface area contributed by atoms with Crippen LogP contribution in [0.3, 0.4) is 0 Å². The van der Waals surface area contributed by atoms with Crippen LogP contribution in [0.25, 0.3) is 6.08 Å². The van der Waals surface area contributed by atoms with Crippen molar-refractivity contribution in [2.75, 3.05) is 0 Å². The second-order valence-electron chi connectivity index (χ2n) is 5.90. The van der Waals surface area contributed by atoms with E-state index < -0.39 is 16.1 Å². The molecule has 0 bridgehead atoms. The highest BCUT2D eigenvalue weighted by Crippen LogP contribution is 2.39. The Morgan fingerprint density at radius 2 is 1.60 bits per heavy atom. The quantitative estimate of drug-likeness (QED) is 0.686. The molecule has 0 atom stereocenters. The normalized spacial score (nSPS) is 21.8. The van der Waals surface area contributed by atoms with Gasteiger partial charge in [-0.15, -0.1) is 0 Å². The molecule has 0 amide bonds. The minimum absolute atomic E-state index is 0.749. The third-order valence-corrected chi connectivity index (χ3v) is 19.2. The second-order valence-corrected chi connectivity index (χ2v) is 16.8. The lowest BCUT2D eigenvalue weighted by molar-refractivity contribution is 1.36. The molecule has 1 fully saturated rings. The summed E-state index contributed by atoms with van der Waals surface area (Å²) in [6, 6.07) is 9.11. The molecule has 0 saturated carbocycles. The standard InChI is InChI=1S/C13H20Si2/c1-5-12-6-8-13(9-7-12)15(4)10-14(2,3)11-15/h5-9H,1,10-11H2,2-4H3. The van der Waals surface area contributed by atoms with E-state index in [2.05, 4.69) is 50.5 Å². The topological polar surface area (TPSA) is 0 Å². The summed E-state index contributed by atoms with van der Waals surface area (Å²) in [5, 5.41) is 1.65. The molecule has 0 N–H and O–H groups in total. The molecule has 0 unspecified atom stereocenters. The molecule has 0 radical (unpaired) electrons. The van der Waals surface area contributed by atoms with Gasteiger partial charge in [0.05, 0.1) is 8.07 Å². The SMILES string of the molecule is C=Cc1ccc([Si]2(C)C[Si](C)(C)C2)cc1. The van der Waals surface area contributed by atoms with E-state index in [0.29, 0.717) is 0 Å². The lowest BCUT2D eigenvalue weighted by atomic mass is 10.2. The Morgan fingerprint density at radius 1 is 1.07 bits per heavy atom. The summed E-state index contributed by atoms with van der Waals surface area (Å²) in [6.07, 6.45) is 1.92. The highest BCUT2D eigenvalue weighted by Gasteiger charge is 2.49. The van der Waals surface area contributed by atoms with Gasteiger partial charge in [0, 0.05) is 8.07 Å². The third-order valence-electron chi connectivity index (χ3n) is 3.58. The minimum Gasteiger partial charge on any atom is -0.0985 e. The zero-order valence-electron chi connectivity index (χ0n) is 10.0. The molecule has 1 heterocycles. The molecule has 0 nitrogen and oxygen atoms in total. The van der Waals surface area contributed by atoms with Crippen LogP contribution in [0.1, 0.15) is 5.56 Å². The van der Waals surface area contributed by atoms with Crippen molar-refractivity contribution in [2.24, 2.45) is 0 Å². The van der Waals surface area contributed by atoms with Gasteiger partial charge in [-0.25, -0.2) is 0 Å². The molecule has 0 aliphatic carbocycles. The minimum atomic E-state index is -1.02.